The van der Waals surface area contributed by atoms with E-state index in [1.54, 1.807) is 41.1 Å². The average Bonchev–Trinajstić information content (AvgIpc) is 3.48. The number of fused-ring (bicyclic) bond motifs is 2. The van der Waals surface area contributed by atoms with E-state index < -0.39 is 30.2 Å². The van der Waals surface area contributed by atoms with Crippen LogP contribution in [-0.2, 0) is 38.4 Å². The van der Waals surface area contributed by atoms with Crippen molar-refractivity contribution in [2.24, 2.45) is 0 Å². The second-order valence-electron chi connectivity index (χ2n) is 10.5. The Morgan fingerprint density at radius 2 is 1.87 bits per heavy atom. The van der Waals surface area contributed by atoms with Crippen LogP contribution in [0.1, 0.15) is 51.3 Å². The summed E-state index contributed by atoms with van der Waals surface area (Å²) in [5.41, 5.74) is 3.34. The first-order valence-corrected chi connectivity index (χ1v) is 16.1. The van der Waals surface area contributed by atoms with Crippen LogP contribution in [0.4, 0.5) is 0 Å². The third-order valence-electron chi connectivity index (χ3n) is 7.40. The largest absolute Gasteiger partial charge is 0.464 e. The molecule has 1 aromatic heterocycles. The molecular formula is C33H30Cl2N2O7S. The molecule has 0 bridgehead atoms. The molecule has 2 atom stereocenters. The van der Waals surface area contributed by atoms with Gasteiger partial charge in [0.1, 0.15) is 11.6 Å². The SMILES string of the molecule is CSc1cccc(C[C@H](NC(=O)c2c(Cl)cc3c(c2Cl)CCN(C(=O)c2ccc4ccoc4c2)C3)C(=O)OC(C)OC(C)=O)c1. The minimum absolute atomic E-state index is 0.0174. The van der Waals surface area contributed by atoms with Crippen molar-refractivity contribution in [3.63, 3.8) is 0 Å². The van der Waals surface area contributed by atoms with E-state index in [-0.39, 0.29) is 34.5 Å². The van der Waals surface area contributed by atoms with E-state index >= 15 is 0 Å². The molecule has 0 saturated heterocycles. The number of carbonyl (C=O) groups is 4. The van der Waals surface area contributed by atoms with Gasteiger partial charge in [0, 0.05) is 49.2 Å². The van der Waals surface area contributed by atoms with Gasteiger partial charge in [-0.1, -0.05) is 41.4 Å². The smallest absolute Gasteiger partial charge is 0.332 e. The third-order valence-corrected chi connectivity index (χ3v) is 8.84. The van der Waals surface area contributed by atoms with E-state index in [4.69, 9.17) is 37.1 Å². The number of rotatable bonds is 9. The van der Waals surface area contributed by atoms with Crippen LogP contribution in [0.2, 0.25) is 10.0 Å². The molecule has 0 fully saturated rings. The van der Waals surface area contributed by atoms with Crippen LogP contribution in [0.5, 0.6) is 0 Å². The maximum Gasteiger partial charge on any atom is 0.332 e. The molecule has 9 nitrogen and oxygen atoms in total. The van der Waals surface area contributed by atoms with Crippen LogP contribution in [0.3, 0.4) is 0 Å². The molecule has 0 spiro atoms. The lowest BCUT2D eigenvalue weighted by Gasteiger charge is -2.30. The van der Waals surface area contributed by atoms with Gasteiger partial charge in [-0.15, -0.1) is 11.8 Å². The Balaban J connectivity index is 1.36. The number of carbonyl (C=O) groups excluding carboxylic acids is 4. The van der Waals surface area contributed by atoms with Crippen molar-refractivity contribution in [3.05, 3.63) is 98.7 Å². The van der Waals surface area contributed by atoms with E-state index in [1.807, 2.05) is 42.7 Å². The monoisotopic (exact) mass is 668 g/mol. The minimum atomic E-state index is -1.16. The summed E-state index contributed by atoms with van der Waals surface area (Å²) in [6, 6.07) is 15.2. The number of esters is 2. The lowest BCUT2D eigenvalue weighted by atomic mass is 9.95. The van der Waals surface area contributed by atoms with E-state index in [0.717, 1.165) is 21.4 Å². The van der Waals surface area contributed by atoms with Gasteiger partial charge in [-0.05, 0) is 65.8 Å². The normalized spacial score (nSPS) is 13.9. The predicted molar refractivity (Wildman–Crippen MR) is 172 cm³/mol. The Morgan fingerprint density at radius 1 is 1.07 bits per heavy atom. The summed E-state index contributed by atoms with van der Waals surface area (Å²) in [4.78, 5) is 54.2. The molecule has 1 unspecified atom stereocenters. The van der Waals surface area contributed by atoms with Gasteiger partial charge in [0.25, 0.3) is 11.8 Å². The minimum Gasteiger partial charge on any atom is -0.464 e. The zero-order valence-corrected chi connectivity index (χ0v) is 27.1. The Labute approximate surface area is 274 Å². The van der Waals surface area contributed by atoms with Crippen molar-refractivity contribution >= 4 is 69.7 Å². The van der Waals surface area contributed by atoms with Gasteiger partial charge in [0.15, 0.2) is 0 Å². The van der Waals surface area contributed by atoms with E-state index in [1.165, 1.54) is 13.8 Å². The fourth-order valence-electron chi connectivity index (χ4n) is 5.27. The zero-order valence-electron chi connectivity index (χ0n) is 24.7. The van der Waals surface area contributed by atoms with Gasteiger partial charge < -0.3 is 24.1 Å². The number of benzene rings is 3. The first-order chi connectivity index (χ1) is 21.5. The molecule has 0 radical (unpaired) electrons. The van der Waals surface area contributed by atoms with E-state index in [9.17, 15) is 19.2 Å². The molecule has 234 valence electrons. The van der Waals surface area contributed by atoms with Gasteiger partial charge in [0.05, 0.1) is 21.9 Å². The second-order valence-corrected chi connectivity index (χ2v) is 12.2. The summed E-state index contributed by atoms with van der Waals surface area (Å²) in [7, 11) is 0. The fraction of sp³-hybridized carbons (Fsp3) is 0.273. The first-order valence-electron chi connectivity index (χ1n) is 14.1. The van der Waals surface area contributed by atoms with Crippen LogP contribution in [-0.4, -0.2) is 53.8 Å². The Hall–Kier alpha value is -3.99. The zero-order chi connectivity index (χ0) is 32.2. The van der Waals surface area contributed by atoms with E-state index in [2.05, 4.69) is 5.32 Å². The molecule has 5 rings (SSSR count). The van der Waals surface area contributed by atoms with Crippen LogP contribution in [0.25, 0.3) is 11.0 Å². The topological polar surface area (TPSA) is 115 Å². The highest BCUT2D eigenvalue weighted by Gasteiger charge is 2.31. The van der Waals surface area contributed by atoms with Gasteiger partial charge in [0.2, 0.25) is 6.29 Å². The number of thioether (sulfide) groups is 1. The summed E-state index contributed by atoms with van der Waals surface area (Å²) >= 11 is 15.0. The summed E-state index contributed by atoms with van der Waals surface area (Å²) < 4.78 is 15.7. The number of hydrogen-bond acceptors (Lipinski definition) is 8. The van der Waals surface area contributed by atoms with Crippen LogP contribution >= 0.6 is 35.0 Å². The van der Waals surface area contributed by atoms with Crippen LogP contribution in [0, 0.1) is 0 Å². The van der Waals surface area contributed by atoms with Gasteiger partial charge in [-0.3, -0.25) is 14.4 Å². The molecular weight excluding hydrogens is 639 g/mol. The standard InChI is InChI=1S/C33H30Cl2N2O7S/c1-18(38)43-19(2)44-33(41)27(14-20-5-4-6-24(13-20)45-3)36-31(39)29-26(34)15-23-17-37(11-9-25(23)30(29)35)32(40)22-8-7-21-10-12-42-28(21)16-22/h4-8,10,12-13,15-16,19,27H,9,11,14,17H2,1-3H3,(H,36,39)/t19?,27-/m0/s1. The molecule has 0 saturated carbocycles. The highest BCUT2D eigenvalue weighted by Crippen LogP contribution is 2.35. The molecule has 45 heavy (non-hydrogen) atoms. The Bertz CT molecular complexity index is 1790. The molecule has 1 N–H and O–H groups in total. The summed E-state index contributed by atoms with van der Waals surface area (Å²) in [5.74, 6) is -2.24. The lowest BCUT2D eigenvalue weighted by Crippen LogP contribution is -2.45. The number of nitrogens with one attached hydrogen (secondary N) is 1. The molecule has 2 heterocycles. The molecule has 0 aliphatic carbocycles. The summed E-state index contributed by atoms with van der Waals surface area (Å²) in [5, 5.41) is 3.86. The molecule has 2 amide bonds. The highest BCUT2D eigenvalue weighted by atomic mass is 35.5. The summed E-state index contributed by atoms with van der Waals surface area (Å²) in [6.45, 7) is 3.24. The lowest BCUT2D eigenvalue weighted by molar-refractivity contribution is -0.184. The maximum absolute atomic E-state index is 13.7. The van der Waals surface area contributed by atoms with E-state index in [0.29, 0.717) is 29.7 Å². The van der Waals surface area contributed by atoms with Gasteiger partial charge in [-0.25, -0.2) is 4.79 Å². The number of hydrogen-bond donors (Lipinski definition) is 1. The molecule has 3 aromatic carbocycles. The number of nitrogens with zero attached hydrogens (tertiary/aromatic N) is 1. The Morgan fingerprint density at radius 3 is 2.62 bits per heavy atom. The van der Waals surface area contributed by atoms with Crippen molar-refractivity contribution in [1.29, 1.82) is 0 Å². The maximum atomic E-state index is 13.7. The average molecular weight is 670 g/mol. The first kappa shape index (κ1) is 32.4. The van der Waals surface area contributed by atoms with Crippen molar-refractivity contribution in [2.45, 2.75) is 50.5 Å². The number of amides is 2. The van der Waals surface area contributed by atoms with Crippen molar-refractivity contribution in [1.82, 2.24) is 10.2 Å². The fourth-order valence-corrected chi connectivity index (χ4v) is 6.51. The molecule has 1 aliphatic rings. The van der Waals surface area contributed by atoms with Crippen LogP contribution in [0.15, 0.2) is 70.2 Å². The highest BCUT2D eigenvalue weighted by molar-refractivity contribution is 7.98. The van der Waals surface area contributed by atoms with Crippen molar-refractivity contribution in [3.8, 4) is 0 Å². The molecule has 12 heteroatoms. The molecule has 4 aromatic rings. The van der Waals surface area contributed by atoms with Gasteiger partial charge in [-0.2, -0.15) is 0 Å². The number of halogens is 2. The van der Waals surface area contributed by atoms with Gasteiger partial charge >= 0.3 is 11.9 Å². The quantitative estimate of drug-likeness (QED) is 0.123. The number of ether oxygens (including phenoxy) is 2. The second kappa shape index (κ2) is 14.0. The van der Waals surface area contributed by atoms with Crippen molar-refractivity contribution < 1.29 is 33.1 Å². The predicted octanol–water partition coefficient (Wildman–Crippen LogP) is 6.45. The summed E-state index contributed by atoms with van der Waals surface area (Å²) in [6.07, 6.45) is 2.85. The van der Waals surface area contributed by atoms with Crippen molar-refractivity contribution in [2.75, 3.05) is 12.8 Å². The third kappa shape index (κ3) is 7.46. The van der Waals surface area contributed by atoms with Crippen LogP contribution < -0.4 is 5.32 Å². The number of furan rings is 1. The molecule has 1 aliphatic heterocycles. The Kier molecular flexibility index (Phi) is 10.1.